The lowest BCUT2D eigenvalue weighted by atomic mass is 9.70. The van der Waals surface area contributed by atoms with E-state index in [0.29, 0.717) is 13.0 Å². The molecule has 0 saturated carbocycles. The van der Waals surface area contributed by atoms with Crippen molar-refractivity contribution in [1.29, 1.82) is 0 Å². The maximum Gasteiger partial charge on any atom is 0.246 e. The average Bonchev–Trinajstić information content (AvgIpc) is 3.35. The molecule has 30 heavy (non-hydrogen) atoms. The van der Waals surface area contributed by atoms with Crippen LogP contribution in [0.1, 0.15) is 18.9 Å². The van der Waals surface area contributed by atoms with E-state index in [4.69, 9.17) is 4.74 Å². The molecule has 1 aromatic rings. The van der Waals surface area contributed by atoms with Gasteiger partial charge in [-0.05, 0) is 18.9 Å². The van der Waals surface area contributed by atoms with Gasteiger partial charge in [-0.15, -0.1) is 0 Å². The van der Waals surface area contributed by atoms with Crippen molar-refractivity contribution in [3.8, 4) is 0 Å². The Hall–Kier alpha value is -1.97. The Morgan fingerprint density at radius 1 is 1.33 bits per heavy atom. The van der Waals surface area contributed by atoms with Gasteiger partial charge in [0.1, 0.15) is 11.6 Å². The minimum Gasteiger partial charge on any atom is -0.394 e. The Morgan fingerprint density at radius 3 is 2.67 bits per heavy atom. The maximum atomic E-state index is 13.5. The van der Waals surface area contributed by atoms with Crippen molar-refractivity contribution in [2.75, 3.05) is 13.7 Å². The Labute approximate surface area is 183 Å². The summed E-state index contributed by atoms with van der Waals surface area (Å²) in [4.78, 5) is 40.8. The van der Waals surface area contributed by atoms with Crippen LogP contribution in [0.15, 0.2) is 30.3 Å². The molecule has 3 N–H and O–H groups in total. The summed E-state index contributed by atoms with van der Waals surface area (Å²) >= 11 is 3.59. The van der Waals surface area contributed by atoms with Crippen LogP contribution in [-0.2, 0) is 25.7 Å². The van der Waals surface area contributed by atoms with Gasteiger partial charge >= 0.3 is 0 Å². The molecule has 1 aromatic carbocycles. The molecule has 3 aliphatic rings. The van der Waals surface area contributed by atoms with Gasteiger partial charge < -0.3 is 25.4 Å². The number of nitrogens with one attached hydrogen (secondary N) is 2. The molecule has 1 spiro atoms. The van der Waals surface area contributed by atoms with Gasteiger partial charge in [-0.1, -0.05) is 46.3 Å². The third-order valence-electron chi connectivity index (χ3n) is 6.57. The van der Waals surface area contributed by atoms with E-state index in [-0.39, 0.29) is 29.2 Å². The summed E-state index contributed by atoms with van der Waals surface area (Å²) in [5.74, 6) is -2.36. The van der Waals surface area contributed by atoms with E-state index in [1.54, 1.807) is 6.92 Å². The number of likely N-dealkylation sites (tertiary alicyclic amines) is 1. The minimum absolute atomic E-state index is 0.141. The first kappa shape index (κ1) is 21.3. The normalized spacial score (nSPS) is 35.3. The van der Waals surface area contributed by atoms with Crippen molar-refractivity contribution < 1.29 is 24.2 Å². The number of carbonyl (C=O) groups excluding carboxylic acids is 3. The lowest BCUT2D eigenvalue weighted by Crippen LogP contribution is -2.57. The summed E-state index contributed by atoms with van der Waals surface area (Å²) in [6.45, 7) is 1.72. The lowest BCUT2D eigenvalue weighted by Gasteiger charge is -2.35. The van der Waals surface area contributed by atoms with Crippen LogP contribution in [0.4, 0.5) is 0 Å². The monoisotopic (exact) mass is 479 g/mol. The standard InChI is InChI=1S/C21H26BrN3O5/c1-11(10-26)25-17(19(28)24-9-12-6-4-3-5-7-12)21-8-13(22)16(30-21)14(18(27)23-2)15(21)20(25)29/h3-7,11,13-17,26H,8-10H2,1-2H3,(H,23,27)(H,24,28)/t11-,13?,14+,15+,16+,17?,21?/m1/s1. The van der Waals surface area contributed by atoms with Crippen LogP contribution in [0.2, 0.25) is 0 Å². The molecule has 3 saturated heterocycles. The number of fused-ring (bicyclic) bond motifs is 1. The van der Waals surface area contributed by atoms with Gasteiger partial charge in [0.25, 0.3) is 0 Å². The number of rotatable bonds is 6. The third-order valence-corrected chi connectivity index (χ3v) is 7.42. The number of nitrogens with zero attached hydrogens (tertiary/aromatic N) is 1. The molecule has 3 aliphatic heterocycles. The predicted molar refractivity (Wildman–Crippen MR) is 111 cm³/mol. The van der Waals surface area contributed by atoms with Crippen LogP contribution in [0.5, 0.6) is 0 Å². The zero-order valence-corrected chi connectivity index (χ0v) is 18.5. The highest BCUT2D eigenvalue weighted by atomic mass is 79.9. The molecule has 3 fully saturated rings. The smallest absolute Gasteiger partial charge is 0.246 e. The first-order valence-electron chi connectivity index (χ1n) is 10.1. The second kappa shape index (κ2) is 7.94. The van der Waals surface area contributed by atoms with Crippen molar-refractivity contribution in [2.45, 2.75) is 48.5 Å². The van der Waals surface area contributed by atoms with Crippen LogP contribution in [0, 0.1) is 11.8 Å². The molecule has 0 aliphatic carbocycles. The highest BCUT2D eigenvalue weighted by Crippen LogP contribution is 2.60. The summed E-state index contributed by atoms with van der Waals surface area (Å²) in [5.41, 5.74) is -0.165. The number of hydrogen-bond acceptors (Lipinski definition) is 5. The second-order valence-electron chi connectivity index (χ2n) is 8.26. The molecule has 3 unspecified atom stereocenters. The molecular formula is C21H26BrN3O5. The van der Waals surface area contributed by atoms with Crippen molar-refractivity contribution in [3.63, 3.8) is 0 Å². The number of halogens is 1. The number of hydrogen-bond donors (Lipinski definition) is 3. The molecule has 3 heterocycles. The Balaban J connectivity index is 1.69. The van der Waals surface area contributed by atoms with Gasteiger partial charge in [-0.25, -0.2) is 0 Å². The maximum absolute atomic E-state index is 13.5. The summed E-state index contributed by atoms with van der Waals surface area (Å²) in [7, 11) is 1.53. The van der Waals surface area contributed by atoms with Gasteiger partial charge in [-0.3, -0.25) is 14.4 Å². The zero-order chi connectivity index (χ0) is 21.6. The summed E-state index contributed by atoms with van der Waals surface area (Å²) in [6, 6.07) is 8.00. The highest BCUT2D eigenvalue weighted by Gasteiger charge is 2.76. The molecule has 8 nitrogen and oxygen atoms in total. The molecule has 2 bridgehead atoms. The Morgan fingerprint density at radius 2 is 2.03 bits per heavy atom. The third kappa shape index (κ3) is 3.06. The van der Waals surface area contributed by atoms with E-state index in [1.165, 1.54) is 11.9 Å². The van der Waals surface area contributed by atoms with Gasteiger partial charge in [0.05, 0.1) is 30.6 Å². The largest absolute Gasteiger partial charge is 0.394 e. The highest BCUT2D eigenvalue weighted by molar-refractivity contribution is 9.09. The fraction of sp³-hybridized carbons (Fsp3) is 0.571. The Kier molecular flexibility index (Phi) is 5.63. The quantitative estimate of drug-likeness (QED) is 0.504. The number of aliphatic hydroxyl groups is 1. The van der Waals surface area contributed by atoms with E-state index in [0.717, 1.165) is 5.56 Å². The number of alkyl halides is 1. The summed E-state index contributed by atoms with van der Waals surface area (Å²) in [6.07, 6.45) is -0.0329. The van der Waals surface area contributed by atoms with Gasteiger partial charge in [0.15, 0.2) is 0 Å². The Bertz CT molecular complexity index is 852. The molecule has 3 amide bonds. The van der Waals surface area contributed by atoms with E-state index < -0.39 is 35.6 Å². The number of carbonyl (C=O) groups is 3. The molecule has 162 valence electrons. The van der Waals surface area contributed by atoms with Gasteiger partial charge in [-0.2, -0.15) is 0 Å². The summed E-state index contributed by atoms with van der Waals surface area (Å²) < 4.78 is 6.30. The topological polar surface area (TPSA) is 108 Å². The SMILES string of the molecule is CNC(=O)[C@H]1[C@H]2C(=O)N([C@H](C)CO)C(C(=O)NCc3ccccc3)C23CC(Br)[C@@H]1O3. The molecule has 4 rings (SSSR count). The van der Waals surface area contributed by atoms with Crippen molar-refractivity contribution in [3.05, 3.63) is 35.9 Å². The van der Waals surface area contributed by atoms with Gasteiger partial charge in [0.2, 0.25) is 17.7 Å². The van der Waals surface area contributed by atoms with Crippen molar-refractivity contribution in [1.82, 2.24) is 15.5 Å². The average molecular weight is 480 g/mol. The predicted octanol–water partition coefficient (Wildman–Crippen LogP) is 0.178. The van der Waals surface area contributed by atoms with Crippen LogP contribution >= 0.6 is 15.9 Å². The first-order valence-corrected chi connectivity index (χ1v) is 11.1. The lowest BCUT2D eigenvalue weighted by molar-refractivity contribution is -0.145. The van der Waals surface area contributed by atoms with Crippen LogP contribution < -0.4 is 10.6 Å². The van der Waals surface area contributed by atoms with E-state index in [2.05, 4.69) is 26.6 Å². The fourth-order valence-corrected chi connectivity index (χ4v) is 6.22. The van der Waals surface area contributed by atoms with E-state index >= 15 is 0 Å². The summed E-state index contributed by atoms with van der Waals surface area (Å²) in [5, 5.41) is 15.3. The van der Waals surface area contributed by atoms with Crippen LogP contribution in [0.3, 0.4) is 0 Å². The zero-order valence-electron chi connectivity index (χ0n) is 16.9. The number of aliphatic hydroxyl groups excluding tert-OH is 1. The van der Waals surface area contributed by atoms with Crippen LogP contribution in [-0.4, -0.2) is 70.0 Å². The number of ether oxygens (including phenoxy) is 1. The van der Waals surface area contributed by atoms with Crippen molar-refractivity contribution >= 4 is 33.7 Å². The minimum atomic E-state index is -1.10. The molecule has 9 heteroatoms. The van der Waals surface area contributed by atoms with Gasteiger partial charge in [0, 0.05) is 18.4 Å². The van der Waals surface area contributed by atoms with E-state index in [9.17, 15) is 19.5 Å². The first-order chi connectivity index (χ1) is 14.4. The second-order valence-corrected chi connectivity index (χ2v) is 9.43. The van der Waals surface area contributed by atoms with E-state index in [1.807, 2.05) is 30.3 Å². The van der Waals surface area contributed by atoms with Crippen LogP contribution in [0.25, 0.3) is 0 Å². The number of benzene rings is 1. The molecule has 0 aromatic heterocycles. The fourth-order valence-electron chi connectivity index (χ4n) is 5.28. The molecule has 7 atom stereocenters. The molecule has 0 radical (unpaired) electrons. The number of amides is 3. The molecular weight excluding hydrogens is 454 g/mol. The van der Waals surface area contributed by atoms with Crippen molar-refractivity contribution in [2.24, 2.45) is 11.8 Å².